The van der Waals surface area contributed by atoms with E-state index in [4.69, 9.17) is 5.73 Å². The number of thioether (sulfide) groups is 1. The van der Waals surface area contributed by atoms with E-state index in [0.717, 1.165) is 11.7 Å². The molecule has 0 saturated heterocycles. The Morgan fingerprint density at radius 1 is 1.24 bits per heavy atom. The Labute approximate surface area is 109 Å². The summed E-state index contributed by atoms with van der Waals surface area (Å²) >= 11 is 2.05. The van der Waals surface area contributed by atoms with E-state index in [2.05, 4.69) is 43.0 Å². The lowest BCUT2D eigenvalue weighted by Gasteiger charge is -2.23. The highest BCUT2D eigenvalue weighted by molar-refractivity contribution is 8.00. The van der Waals surface area contributed by atoms with Gasteiger partial charge < -0.3 is 5.73 Å². The fourth-order valence-corrected chi connectivity index (χ4v) is 3.92. The number of hydrogen-bond acceptors (Lipinski definition) is 2. The Kier molecular flexibility index (Phi) is 4.93. The normalized spacial score (nSPS) is 19.2. The Morgan fingerprint density at radius 2 is 1.94 bits per heavy atom. The van der Waals surface area contributed by atoms with E-state index in [-0.39, 0.29) is 6.04 Å². The topological polar surface area (TPSA) is 26.0 Å². The van der Waals surface area contributed by atoms with Gasteiger partial charge >= 0.3 is 0 Å². The summed E-state index contributed by atoms with van der Waals surface area (Å²) in [5.41, 5.74) is 7.53. The number of rotatable bonds is 4. The van der Waals surface area contributed by atoms with E-state index < -0.39 is 0 Å². The van der Waals surface area contributed by atoms with Gasteiger partial charge in [-0.25, -0.2) is 0 Å². The highest BCUT2D eigenvalue weighted by atomic mass is 32.2. The Morgan fingerprint density at radius 3 is 2.65 bits per heavy atom. The van der Waals surface area contributed by atoms with E-state index >= 15 is 0 Å². The molecule has 17 heavy (non-hydrogen) atoms. The lowest BCUT2D eigenvalue weighted by atomic mass is 10.0. The molecule has 1 aromatic rings. The highest BCUT2D eigenvalue weighted by Gasteiger charge is 2.17. The first-order valence-corrected chi connectivity index (χ1v) is 7.70. The second kappa shape index (κ2) is 6.46. The van der Waals surface area contributed by atoms with Gasteiger partial charge in [0.2, 0.25) is 0 Å². The monoisotopic (exact) mass is 249 g/mol. The molecule has 1 saturated carbocycles. The lowest BCUT2D eigenvalue weighted by Crippen LogP contribution is -2.12. The van der Waals surface area contributed by atoms with Crippen LogP contribution in [0.1, 0.15) is 57.1 Å². The van der Waals surface area contributed by atoms with Crippen LogP contribution in [-0.4, -0.2) is 5.25 Å². The van der Waals surface area contributed by atoms with Gasteiger partial charge in [-0.05, 0) is 30.9 Å². The van der Waals surface area contributed by atoms with Gasteiger partial charge in [0.25, 0.3) is 0 Å². The molecular weight excluding hydrogens is 226 g/mol. The van der Waals surface area contributed by atoms with Crippen LogP contribution >= 0.6 is 11.8 Å². The minimum absolute atomic E-state index is 0.197. The summed E-state index contributed by atoms with van der Waals surface area (Å²) in [4.78, 5) is 1.41. The predicted octanol–water partition coefficient (Wildman–Crippen LogP) is 4.52. The van der Waals surface area contributed by atoms with Crippen molar-refractivity contribution < 1.29 is 0 Å². The standard InChI is InChI=1S/C15H23NS/c1-2-14(16)13-10-6-7-11-15(13)17-12-8-4-3-5-9-12/h6-7,10-12,14H,2-5,8-9,16H2,1H3. The summed E-state index contributed by atoms with van der Waals surface area (Å²) in [6, 6.07) is 8.87. The summed E-state index contributed by atoms with van der Waals surface area (Å²) < 4.78 is 0. The van der Waals surface area contributed by atoms with Crippen LogP contribution in [0.5, 0.6) is 0 Å². The number of hydrogen-bond donors (Lipinski definition) is 1. The molecule has 1 nitrogen and oxygen atoms in total. The Balaban J connectivity index is 2.08. The van der Waals surface area contributed by atoms with Crippen LogP contribution in [0.3, 0.4) is 0 Å². The summed E-state index contributed by atoms with van der Waals surface area (Å²) in [6.07, 6.45) is 8.00. The molecular formula is C15H23NS. The molecule has 2 N–H and O–H groups in total. The molecule has 1 aliphatic carbocycles. The molecule has 0 spiro atoms. The van der Waals surface area contributed by atoms with Crippen molar-refractivity contribution in [2.75, 3.05) is 0 Å². The third kappa shape index (κ3) is 3.49. The van der Waals surface area contributed by atoms with Gasteiger partial charge in [-0.3, -0.25) is 0 Å². The molecule has 0 aliphatic heterocycles. The van der Waals surface area contributed by atoms with Crippen molar-refractivity contribution in [1.82, 2.24) is 0 Å². The molecule has 0 amide bonds. The second-order valence-corrected chi connectivity index (χ2v) is 6.27. The van der Waals surface area contributed by atoms with E-state index in [1.807, 2.05) is 0 Å². The summed E-state index contributed by atoms with van der Waals surface area (Å²) in [5, 5.41) is 0.814. The molecule has 1 atom stereocenters. The zero-order chi connectivity index (χ0) is 12.1. The van der Waals surface area contributed by atoms with Gasteiger partial charge in [-0.1, -0.05) is 44.4 Å². The number of benzene rings is 1. The molecule has 2 heteroatoms. The van der Waals surface area contributed by atoms with Crippen molar-refractivity contribution in [2.24, 2.45) is 5.73 Å². The van der Waals surface area contributed by atoms with Gasteiger partial charge in [0.05, 0.1) is 0 Å². The first-order chi connectivity index (χ1) is 8.31. The zero-order valence-electron chi connectivity index (χ0n) is 10.7. The maximum atomic E-state index is 6.19. The van der Waals surface area contributed by atoms with Gasteiger partial charge in [0.1, 0.15) is 0 Å². The van der Waals surface area contributed by atoms with Crippen molar-refractivity contribution in [3.05, 3.63) is 29.8 Å². The van der Waals surface area contributed by atoms with Crippen molar-refractivity contribution in [2.45, 2.75) is 61.6 Å². The minimum atomic E-state index is 0.197. The molecule has 0 heterocycles. The van der Waals surface area contributed by atoms with E-state index in [1.165, 1.54) is 42.6 Å². The fraction of sp³-hybridized carbons (Fsp3) is 0.600. The second-order valence-electron chi connectivity index (χ2n) is 4.93. The predicted molar refractivity (Wildman–Crippen MR) is 76.4 cm³/mol. The van der Waals surface area contributed by atoms with Crippen LogP contribution in [0.15, 0.2) is 29.2 Å². The van der Waals surface area contributed by atoms with Crippen LogP contribution in [0, 0.1) is 0 Å². The van der Waals surface area contributed by atoms with Crippen molar-refractivity contribution in [3.8, 4) is 0 Å². The zero-order valence-corrected chi connectivity index (χ0v) is 11.5. The largest absolute Gasteiger partial charge is 0.324 e. The summed E-state index contributed by atoms with van der Waals surface area (Å²) in [7, 11) is 0. The van der Waals surface area contributed by atoms with Gasteiger partial charge in [-0.15, -0.1) is 11.8 Å². The quantitative estimate of drug-likeness (QED) is 0.849. The molecule has 0 radical (unpaired) electrons. The van der Waals surface area contributed by atoms with Gasteiger partial charge in [-0.2, -0.15) is 0 Å². The van der Waals surface area contributed by atoms with Crippen molar-refractivity contribution >= 4 is 11.8 Å². The molecule has 0 bridgehead atoms. The van der Waals surface area contributed by atoms with Crippen LogP contribution in [0.25, 0.3) is 0 Å². The maximum Gasteiger partial charge on any atom is 0.0303 e. The molecule has 1 fully saturated rings. The van der Waals surface area contributed by atoms with Crippen molar-refractivity contribution in [3.63, 3.8) is 0 Å². The van der Waals surface area contributed by atoms with Crippen LogP contribution in [-0.2, 0) is 0 Å². The molecule has 94 valence electrons. The molecule has 2 rings (SSSR count). The van der Waals surface area contributed by atoms with E-state index in [0.29, 0.717) is 0 Å². The smallest absolute Gasteiger partial charge is 0.0303 e. The average Bonchev–Trinajstić information content (AvgIpc) is 2.40. The van der Waals surface area contributed by atoms with Gasteiger partial charge in [0.15, 0.2) is 0 Å². The third-order valence-corrected chi connectivity index (χ3v) is 5.03. The van der Waals surface area contributed by atoms with E-state index in [1.54, 1.807) is 0 Å². The first kappa shape index (κ1) is 13.0. The summed E-state index contributed by atoms with van der Waals surface area (Å²) in [5.74, 6) is 0. The maximum absolute atomic E-state index is 6.19. The summed E-state index contributed by atoms with van der Waals surface area (Å²) in [6.45, 7) is 2.16. The SMILES string of the molecule is CCC(N)c1ccccc1SC1CCCCC1. The Bertz CT molecular complexity index is 345. The van der Waals surface area contributed by atoms with Crippen LogP contribution < -0.4 is 5.73 Å². The van der Waals surface area contributed by atoms with Crippen LogP contribution in [0.4, 0.5) is 0 Å². The minimum Gasteiger partial charge on any atom is -0.324 e. The molecule has 1 aromatic carbocycles. The van der Waals surface area contributed by atoms with E-state index in [9.17, 15) is 0 Å². The molecule has 0 aromatic heterocycles. The molecule has 1 unspecified atom stereocenters. The third-order valence-electron chi connectivity index (χ3n) is 3.60. The average molecular weight is 249 g/mol. The highest BCUT2D eigenvalue weighted by Crippen LogP contribution is 2.36. The molecule has 1 aliphatic rings. The van der Waals surface area contributed by atoms with Crippen molar-refractivity contribution in [1.29, 1.82) is 0 Å². The van der Waals surface area contributed by atoms with Gasteiger partial charge in [0, 0.05) is 16.2 Å². The fourth-order valence-electron chi connectivity index (χ4n) is 2.48. The lowest BCUT2D eigenvalue weighted by molar-refractivity contribution is 0.516. The van der Waals surface area contributed by atoms with Crippen LogP contribution in [0.2, 0.25) is 0 Å². The Hall–Kier alpha value is -0.470. The number of nitrogens with two attached hydrogens (primary N) is 1. The first-order valence-electron chi connectivity index (χ1n) is 6.82.